The van der Waals surface area contributed by atoms with Crippen molar-refractivity contribution in [3.63, 3.8) is 0 Å². The van der Waals surface area contributed by atoms with Crippen LogP contribution in [0.5, 0.6) is 0 Å². The van der Waals surface area contributed by atoms with E-state index in [4.69, 9.17) is 9.47 Å². The van der Waals surface area contributed by atoms with Crippen LogP contribution >= 0.6 is 27.3 Å². The van der Waals surface area contributed by atoms with Gasteiger partial charge in [0.05, 0.1) is 6.61 Å². The highest BCUT2D eigenvalue weighted by atomic mass is 79.9. The van der Waals surface area contributed by atoms with Crippen molar-refractivity contribution in [1.82, 2.24) is 0 Å². The summed E-state index contributed by atoms with van der Waals surface area (Å²) in [6.45, 7) is 2.62. The second kappa shape index (κ2) is 8.12. The van der Waals surface area contributed by atoms with E-state index in [0.717, 1.165) is 22.0 Å². The lowest BCUT2D eigenvalue weighted by Crippen LogP contribution is -2.27. The molecule has 1 saturated heterocycles. The third-order valence-electron chi connectivity index (χ3n) is 3.88. The van der Waals surface area contributed by atoms with E-state index in [9.17, 15) is 9.59 Å². The predicted octanol–water partition coefficient (Wildman–Crippen LogP) is 4.47. The van der Waals surface area contributed by atoms with Gasteiger partial charge in [-0.05, 0) is 37.5 Å². The van der Waals surface area contributed by atoms with Gasteiger partial charge in [-0.25, -0.2) is 4.79 Å². The van der Waals surface area contributed by atoms with E-state index >= 15 is 0 Å². The number of esters is 1. The Hall–Kier alpha value is -1.70. The zero-order valence-electron chi connectivity index (χ0n) is 13.7. The molecular formula is C18H18BrNO4S. The number of anilines is 1. The van der Waals surface area contributed by atoms with Gasteiger partial charge in [0.15, 0.2) is 0 Å². The summed E-state index contributed by atoms with van der Waals surface area (Å²) in [5, 5.41) is 5.20. The number of halogens is 1. The fraction of sp³-hybridized carbons (Fsp3) is 0.333. The molecule has 7 heteroatoms. The molecule has 1 atom stereocenters. The first-order valence-corrected chi connectivity index (χ1v) is 9.74. The highest BCUT2D eigenvalue weighted by Gasteiger charge is 2.27. The number of nitrogens with one attached hydrogen (secondary N) is 1. The number of rotatable bonds is 5. The van der Waals surface area contributed by atoms with Crippen LogP contribution < -0.4 is 5.32 Å². The van der Waals surface area contributed by atoms with Gasteiger partial charge in [0, 0.05) is 22.0 Å². The highest BCUT2D eigenvalue weighted by molar-refractivity contribution is 9.10. The molecule has 1 N–H and O–H groups in total. The average Bonchev–Trinajstić information content (AvgIpc) is 3.25. The molecule has 5 nitrogen and oxygen atoms in total. The van der Waals surface area contributed by atoms with Crippen molar-refractivity contribution in [1.29, 1.82) is 0 Å². The van der Waals surface area contributed by atoms with Crippen LogP contribution in [0.2, 0.25) is 0 Å². The summed E-state index contributed by atoms with van der Waals surface area (Å²) in [5.74, 6) is -0.656. The van der Waals surface area contributed by atoms with E-state index in [1.54, 1.807) is 6.92 Å². The van der Waals surface area contributed by atoms with Gasteiger partial charge in [-0.2, -0.15) is 0 Å². The van der Waals surface area contributed by atoms with E-state index in [1.807, 2.05) is 29.6 Å². The van der Waals surface area contributed by atoms with Gasteiger partial charge in [0.25, 0.3) is 5.91 Å². The van der Waals surface area contributed by atoms with Crippen LogP contribution in [0.25, 0.3) is 11.1 Å². The zero-order chi connectivity index (χ0) is 17.8. The first kappa shape index (κ1) is 18.1. The van der Waals surface area contributed by atoms with Crippen molar-refractivity contribution < 1.29 is 19.1 Å². The molecular weight excluding hydrogens is 406 g/mol. The smallest absolute Gasteiger partial charge is 0.341 e. The van der Waals surface area contributed by atoms with Crippen LogP contribution in [-0.4, -0.2) is 31.2 Å². The maximum atomic E-state index is 12.5. The average molecular weight is 424 g/mol. The lowest BCUT2D eigenvalue weighted by Gasteiger charge is -2.11. The van der Waals surface area contributed by atoms with Gasteiger partial charge in [0.1, 0.15) is 16.7 Å². The van der Waals surface area contributed by atoms with Crippen LogP contribution in [0, 0.1) is 0 Å². The van der Waals surface area contributed by atoms with Crippen LogP contribution in [0.4, 0.5) is 5.00 Å². The number of carbonyl (C=O) groups is 2. The number of benzene rings is 1. The highest BCUT2D eigenvalue weighted by Crippen LogP contribution is 2.37. The number of carbonyl (C=O) groups excluding carboxylic acids is 2. The van der Waals surface area contributed by atoms with Gasteiger partial charge in [-0.15, -0.1) is 11.3 Å². The van der Waals surface area contributed by atoms with Crippen LogP contribution in [0.1, 0.15) is 30.1 Å². The number of ether oxygens (including phenoxy) is 2. The molecule has 1 amide bonds. The maximum Gasteiger partial charge on any atom is 0.341 e. The summed E-state index contributed by atoms with van der Waals surface area (Å²) in [4.78, 5) is 24.8. The number of thiophene rings is 1. The third kappa shape index (κ3) is 4.11. The quantitative estimate of drug-likeness (QED) is 0.720. The second-order valence-electron chi connectivity index (χ2n) is 5.57. The minimum Gasteiger partial charge on any atom is -0.462 e. The number of hydrogen-bond donors (Lipinski definition) is 1. The van der Waals surface area contributed by atoms with Crippen LogP contribution in [0.3, 0.4) is 0 Å². The summed E-state index contributed by atoms with van der Waals surface area (Å²) in [7, 11) is 0. The molecule has 2 heterocycles. The SMILES string of the molecule is CCOC(=O)c1c(-c2ccc(Br)cc2)csc1NC(=O)C1CCCO1. The van der Waals surface area contributed by atoms with E-state index < -0.39 is 12.1 Å². The van der Waals surface area contributed by atoms with Crippen molar-refractivity contribution in [3.05, 3.63) is 39.7 Å². The van der Waals surface area contributed by atoms with E-state index in [-0.39, 0.29) is 12.5 Å². The third-order valence-corrected chi connectivity index (χ3v) is 5.31. The van der Waals surface area contributed by atoms with Crippen molar-refractivity contribution in [2.24, 2.45) is 0 Å². The van der Waals surface area contributed by atoms with Crippen molar-refractivity contribution in [2.75, 3.05) is 18.5 Å². The number of amides is 1. The molecule has 25 heavy (non-hydrogen) atoms. The van der Waals surface area contributed by atoms with Gasteiger partial charge < -0.3 is 14.8 Å². The van der Waals surface area contributed by atoms with Gasteiger partial charge in [-0.1, -0.05) is 28.1 Å². The first-order valence-electron chi connectivity index (χ1n) is 8.07. The summed E-state index contributed by atoms with van der Waals surface area (Å²) in [6.07, 6.45) is 1.12. The Labute approximate surface area is 158 Å². The summed E-state index contributed by atoms with van der Waals surface area (Å²) in [5.41, 5.74) is 2.03. The minimum absolute atomic E-state index is 0.216. The predicted molar refractivity (Wildman–Crippen MR) is 101 cm³/mol. The molecule has 1 unspecified atom stereocenters. The summed E-state index contributed by atoms with van der Waals surface area (Å²) in [6, 6.07) is 7.65. The molecule has 3 rings (SSSR count). The van der Waals surface area contributed by atoms with Crippen molar-refractivity contribution in [2.45, 2.75) is 25.9 Å². The standard InChI is InChI=1S/C18H18BrNO4S/c1-2-23-18(22)15-13(11-5-7-12(19)8-6-11)10-25-17(15)20-16(21)14-4-3-9-24-14/h5-8,10,14H,2-4,9H2,1H3,(H,20,21). The van der Waals surface area contributed by atoms with Crippen LogP contribution in [0.15, 0.2) is 34.1 Å². The Kier molecular flexibility index (Phi) is 5.88. The van der Waals surface area contributed by atoms with E-state index in [2.05, 4.69) is 21.2 Å². The largest absolute Gasteiger partial charge is 0.462 e. The van der Waals surface area contributed by atoms with Crippen molar-refractivity contribution >= 4 is 44.1 Å². The lowest BCUT2D eigenvalue weighted by atomic mass is 10.0. The van der Waals surface area contributed by atoms with E-state index in [1.165, 1.54) is 11.3 Å². The number of hydrogen-bond acceptors (Lipinski definition) is 5. The fourth-order valence-corrected chi connectivity index (χ4v) is 3.90. The first-order chi connectivity index (χ1) is 12.1. The Morgan fingerprint density at radius 2 is 2.12 bits per heavy atom. The second-order valence-corrected chi connectivity index (χ2v) is 7.37. The molecule has 0 radical (unpaired) electrons. The maximum absolute atomic E-state index is 12.5. The Balaban J connectivity index is 1.93. The summed E-state index contributed by atoms with van der Waals surface area (Å²) < 4.78 is 11.6. The van der Waals surface area contributed by atoms with Gasteiger partial charge in [0.2, 0.25) is 0 Å². The van der Waals surface area contributed by atoms with E-state index in [0.29, 0.717) is 23.6 Å². The van der Waals surface area contributed by atoms with Gasteiger partial charge >= 0.3 is 5.97 Å². The lowest BCUT2D eigenvalue weighted by molar-refractivity contribution is -0.124. The normalized spacial score (nSPS) is 16.6. The Bertz CT molecular complexity index is 766. The van der Waals surface area contributed by atoms with Crippen molar-refractivity contribution in [3.8, 4) is 11.1 Å². The molecule has 1 aromatic heterocycles. The molecule has 0 spiro atoms. The summed E-state index contributed by atoms with van der Waals surface area (Å²) >= 11 is 4.72. The molecule has 1 fully saturated rings. The van der Waals surface area contributed by atoms with Crippen LogP contribution in [-0.2, 0) is 14.3 Å². The molecule has 1 aromatic carbocycles. The Morgan fingerprint density at radius 1 is 1.36 bits per heavy atom. The monoisotopic (exact) mass is 423 g/mol. The topological polar surface area (TPSA) is 64.6 Å². The van der Waals surface area contributed by atoms with Gasteiger partial charge in [-0.3, -0.25) is 4.79 Å². The zero-order valence-corrected chi connectivity index (χ0v) is 16.1. The molecule has 0 bridgehead atoms. The fourth-order valence-electron chi connectivity index (χ4n) is 2.67. The molecule has 1 aliphatic heterocycles. The molecule has 132 valence electrons. The Morgan fingerprint density at radius 3 is 2.76 bits per heavy atom. The molecule has 0 saturated carbocycles. The molecule has 1 aliphatic rings. The molecule has 0 aliphatic carbocycles. The molecule has 2 aromatic rings. The minimum atomic E-state index is -0.451.